The van der Waals surface area contributed by atoms with Gasteiger partial charge >= 0.3 is 139 Å². The van der Waals surface area contributed by atoms with Crippen molar-refractivity contribution in [3.8, 4) is 39.5 Å². The number of ether oxygens (including phenoxy) is 5. The molecule has 0 radical (unpaired) electrons. The molecule has 0 saturated heterocycles. The van der Waals surface area contributed by atoms with E-state index in [-0.39, 0.29) is 19.4 Å². The Balaban J connectivity index is 0.000000415. The van der Waals surface area contributed by atoms with Crippen molar-refractivity contribution >= 4 is 154 Å². The molecule has 0 bridgehead atoms. The third-order valence-corrected chi connectivity index (χ3v) is 8.10. The number of esters is 2. The first-order valence-electron chi connectivity index (χ1n) is 16.9. The molecule has 0 aliphatic carbocycles. The second-order valence-electron chi connectivity index (χ2n) is 11.0. The Kier molecular flexibility index (Phi) is 33.7. The predicted octanol–water partition coefficient (Wildman–Crippen LogP) is 6.35. The van der Waals surface area contributed by atoms with Crippen LogP contribution < -0.4 is 32.9 Å². The number of hydrogen-bond donors (Lipinski definition) is 3. The summed E-state index contributed by atoms with van der Waals surface area (Å²) >= 11 is 14.8. The Morgan fingerprint density at radius 3 is 1.22 bits per heavy atom. The third kappa shape index (κ3) is 23.5. The number of methoxy groups -OCH3 is 5. The number of halogens is 8. The minimum Gasteiger partial charge on any atom is -0.423 e. The van der Waals surface area contributed by atoms with E-state index in [9.17, 15) is 14.4 Å². The van der Waals surface area contributed by atoms with Crippen molar-refractivity contribution < 1.29 is 66.5 Å². The monoisotopic (exact) mass is 1780 g/mol. The average Bonchev–Trinajstić information content (AvgIpc) is 3.32. The second-order valence-corrected chi connectivity index (χ2v) is 77.1. The number of carbonyl (C=O) groups is 3. The largest absolute Gasteiger partial charge is 0.491 e. The van der Waals surface area contributed by atoms with E-state index in [1.54, 1.807) is 87.5 Å². The molecule has 3 aromatic carbocycles. The van der Waals surface area contributed by atoms with Gasteiger partial charge in [0.1, 0.15) is 36.2 Å². The van der Waals surface area contributed by atoms with Crippen LogP contribution in [0.4, 0.5) is 0 Å². The standard InChI is InChI=1S/C13H12N2O3.C12H10N2O3.C9H9IO3.C4H5BN2O2.I4.I3/c1-17-12-4-3-9(13(16)18-2)5-11(12)10-6-14-8-15-7-10;1-17-11-3-2-8(12(15)16)4-10(11)9-5-13-7-14-6-9;1-12-8-4-3-6(5-7(8)10)9(11)13-2;8-5(9)4-1-6-3-7-2-4;1-4(2)3;1-3-2/h3-8H,1-2H3;2-7H,1H3,(H,15,16);3-5H,1-2H3;1-3,8-9H;;/q;;;;;-1. The van der Waals surface area contributed by atoms with Gasteiger partial charge < -0.3 is 38.8 Å². The Morgan fingerprint density at radius 2 is 0.906 bits per heavy atom. The Bertz CT molecular complexity index is 2300. The number of nitrogens with zero attached hydrogens (tertiary/aromatic N) is 6. The van der Waals surface area contributed by atoms with Crippen LogP contribution in [0.15, 0.2) is 111 Å². The fourth-order valence-electron chi connectivity index (χ4n) is 4.48. The fourth-order valence-corrected chi connectivity index (χ4v) is 5.21. The van der Waals surface area contributed by atoms with Crippen molar-refractivity contribution in [2.45, 2.75) is 0 Å². The van der Waals surface area contributed by atoms with Gasteiger partial charge in [-0.15, -0.1) is 0 Å². The summed E-state index contributed by atoms with van der Waals surface area (Å²) in [5, 5.41) is 25.9. The van der Waals surface area contributed by atoms with Gasteiger partial charge in [-0.05, 0) is 77.2 Å². The van der Waals surface area contributed by atoms with Crippen molar-refractivity contribution in [3.63, 3.8) is 0 Å². The van der Waals surface area contributed by atoms with Crippen LogP contribution in [-0.4, -0.2) is 106 Å². The number of hydrogen-bond acceptors (Lipinski definition) is 16. The molecule has 0 atom stereocenters. The van der Waals surface area contributed by atoms with Crippen LogP contribution in [0.3, 0.4) is 0 Å². The van der Waals surface area contributed by atoms with Gasteiger partial charge in [-0.1, -0.05) is 0 Å². The molecule has 0 fully saturated rings. The van der Waals surface area contributed by atoms with E-state index in [0.29, 0.717) is 52.5 Å². The molecular weight excluding hydrogens is 1740 g/mol. The van der Waals surface area contributed by atoms with Crippen LogP contribution in [0.2, 0.25) is 0 Å². The molecule has 0 amide bonds. The summed E-state index contributed by atoms with van der Waals surface area (Å²) in [4.78, 5) is 56.4. The van der Waals surface area contributed by atoms with Gasteiger partial charge in [0, 0.05) is 64.9 Å². The molecule has 3 aromatic heterocycles. The van der Waals surface area contributed by atoms with E-state index in [2.05, 4.69) is 155 Å². The number of carboxylic acids is 1. The zero-order chi connectivity index (χ0) is 48.0. The maximum atomic E-state index is 11.5. The molecule has 0 aliphatic heterocycles. The second kappa shape index (κ2) is 35.6. The first kappa shape index (κ1) is 60.6. The Hall–Kier alpha value is -1.47. The molecule has 0 spiro atoms. The van der Waals surface area contributed by atoms with E-state index in [1.807, 2.05) is 0 Å². The van der Waals surface area contributed by atoms with Crippen LogP contribution in [0, 0.1) is 3.57 Å². The topological polar surface area (TPSA) is 235 Å². The van der Waals surface area contributed by atoms with Crippen molar-refractivity contribution in [1.82, 2.24) is 29.9 Å². The van der Waals surface area contributed by atoms with Gasteiger partial charge in [0.15, 0.2) is 0 Å². The SMILES string of the molecule is COC(=O)c1ccc(OC)c(-c2cncnc2)c1.COC(=O)c1ccc(OC)c(I)c1.COc1ccc(C(=O)O)cc1-c1cncnc1.II(I)I.I[I-]I.OB(O)c1cncnc1. The molecular formula is C38H36BI8N6O11-. The summed E-state index contributed by atoms with van der Waals surface area (Å²) in [5.74, 6) is 0.289. The van der Waals surface area contributed by atoms with Gasteiger partial charge in [-0.25, -0.2) is 44.3 Å². The van der Waals surface area contributed by atoms with Gasteiger partial charge in [0.05, 0.1) is 55.8 Å². The Labute approximate surface area is 449 Å². The van der Waals surface area contributed by atoms with E-state index in [4.69, 9.17) is 29.4 Å². The van der Waals surface area contributed by atoms with Crippen LogP contribution in [0.1, 0.15) is 31.1 Å². The molecule has 64 heavy (non-hydrogen) atoms. The first-order valence-corrected chi connectivity index (χ1v) is 49.4. The summed E-state index contributed by atoms with van der Waals surface area (Å²) in [7, 11) is 5.58. The van der Waals surface area contributed by atoms with Crippen LogP contribution in [-0.2, 0) is 9.47 Å². The zero-order valence-corrected chi connectivity index (χ0v) is 51.0. The molecule has 0 aliphatic rings. The molecule has 3 N–H and O–H groups in total. The van der Waals surface area contributed by atoms with Crippen LogP contribution in [0.5, 0.6) is 17.2 Å². The zero-order valence-electron chi connectivity index (χ0n) is 33.8. The average molecular weight is 1780 g/mol. The molecule has 6 rings (SSSR count). The maximum Gasteiger partial charge on any atom is 0.491 e. The quantitative estimate of drug-likeness (QED) is 0.0813. The number of aromatic carboxylic acids is 1. The number of aromatic nitrogens is 6. The number of rotatable bonds is 9. The van der Waals surface area contributed by atoms with Crippen molar-refractivity contribution in [2.75, 3.05) is 35.5 Å². The third-order valence-electron chi connectivity index (χ3n) is 7.26. The van der Waals surface area contributed by atoms with Crippen LogP contribution >= 0.6 is 124 Å². The molecule has 3 heterocycles. The smallest absolute Gasteiger partial charge is 0.423 e. The van der Waals surface area contributed by atoms with E-state index >= 15 is 0 Å². The van der Waals surface area contributed by atoms with E-state index in [0.717, 1.165) is 20.4 Å². The predicted molar refractivity (Wildman–Crippen MR) is 299 cm³/mol. The number of carboxylic acid groups (broad SMARTS) is 1. The summed E-state index contributed by atoms with van der Waals surface area (Å²) in [6.07, 6.45) is 13.4. The molecule has 0 saturated carbocycles. The van der Waals surface area contributed by atoms with Crippen LogP contribution in [0.25, 0.3) is 22.3 Å². The minimum atomic E-state index is -1.47. The van der Waals surface area contributed by atoms with E-state index < -0.39 is 19.1 Å². The molecule has 26 heteroatoms. The first-order chi connectivity index (χ1) is 30.6. The summed E-state index contributed by atoms with van der Waals surface area (Å²) < 4.78 is 25.7. The fraction of sp³-hybridized carbons (Fsp3) is 0.132. The molecule has 6 aromatic rings. The minimum absolute atomic E-state index is 0.199. The molecule has 17 nitrogen and oxygen atoms in total. The number of carbonyl (C=O) groups excluding carboxylic acids is 2. The molecule has 344 valence electrons. The summed E-state index contributed by atoms with van der Waals surface area (Å²) in [5.41, 5.74) is 4.40. The summed E-state index contributed by atoms with van der Waals surface area (Å²) in [6.45, 7) is 0. The van der Waals surface area contributed by atoms with Crippen molar-refractivity contribution in [1.29, 1.82) is 0 Å². The Morgan fingerprint density at radius 1 is 0.578 bits per heavy atom. The van der Waals surface area contributed by atoms with Gasteiger partial charge in [-0.3, -0.25) is 0 Å². The number of benzene rings is 3. The summed E-state index contributed by atoms with van der Waals surface area (Å²) in [6, 6.07) is 14.9. The van der Waals surface area contributed by atoms with Gasteiger partial charge in [0.25, 0.3) is 0 Å². The maximum absolute atomic E-state index is 11.5. The van der Waals surface area contributed by atoms with Crippen molar-refractivity contribution in [3.05, 3.63) is 131 Å². The van der Waals surface area contributed by atoms with Gasteiger partial charge in [-0.2, -0.15) is 0 Å². The van der Waals surface area contributed by atoms with Gasteiger partial charge in [0.2, 0.25) is 0 Å². The normalized spacial score (nSPS) is 9.67. The van der Waals surface area contributed by atoms with Crippen molar-refractivity contribution in [2.24, 2.45) is 0 Å². The molecule has 0 unspecified atom stereocenters. The van der Waals surface area contributed by atoms with E-state index in [1.165, 1.54) is 58.8 Å².